The first-order chi connectivity index (χ1) is 10.3. The summed E-state index contributed by atoms with van der Waals surface area (Å²) >= 11 is 1.28. The lowest BCUT2D eigenvalue weighted by Gasteiger charge is -2.08. The van der Waals surface area contributed by atoms with Crippen molar-refractivity contribution in [3.05, 3.63) is 28.6 Å². The minimum Gasteiger partial charge on any atom is -0.490 e. The Morgan fingerprint density at radius 1 is 1.33 bits per heavy atom. The molecule has 1 aromatic carbocycles. The normalized spacial score (nSPS) is 13.6. The maximum absolute atomic E-state index is 11.6. The number of benzene rings is 1. The van der Waals surface area contributed by atoms with Gasteiger partial charge in [0.05, 0.1) is 25.5 Å². The Morgan fingerprint density at radius 3 is 2.95 bits per heavy atom. The van der Waals surface area contributed by atoms with E-state index in [9.17, 15) is 4.79 Å². The van der Waals surface area contributed by atoms with E-state index in [-0.39, 0.29) is 5.97 Å². The molecule has 0 aliphatic carbocycles. The third-order valence-electron chi connectivity index (χ3n) is 3.00. The van der Waals surface area contributed by atoms with Crippen LogP contribution in [0.1, 0.15) is 23.1 Å². The van der Waals surface area contributed by atoms with Gasteiger partial charge in [-0.15, -0.1) is 11.3 Å². The molecule has 1 aliphatic heterocycles. The van der Waals surface area contributed by atoms with Crippen molar-refractivity contribution in [2.24, 2.45) is 0 Å². The third-order valence-corrected chi connectivity index (χ3v) is 3.82. The molecule has 0 saturated heterocycles. The fraction of sp³-hybridized carbons (Fsp3) is 0.333. The van der Waals surface area contributed by atoms with Crippen molar-refractivity contribution >= 4 is 17.3 Å². The second-order valence-electron chi connectivity index (χ2n) is 4.47. The van der Waals surface area contributed by atoms with E-state index in [2.05, 4.69) is 4.98 Å². The van der Waals surface area contributed by atoms with E-state index in [1.54, 1.807) is 6.92 Å². The molecule has 1 aliphatic rings. The number of hydrogen-bond donors (Lipinski definition) is 0. The molecule has 3 rings (SSSR count). The van der Waals surface area contributed by atoms with Crippen LogP contribution in [0.2, 0.25) is 0 Å². The molecule has 0 amide bonds. The molecule has 21 heavy (non-hydrogen) atoms. The summed E-state index contributed by atoms with van der Waals surface area (Å²) in [5.74, 6) is 1.08. The number of thiazole rings is 1. The van der Waals surface area contributed by atoms with E-state index in [4.69, 9.17) is 14.2 Å². The Labute approximate surface area is 126 Å². The summed E-state index contributed by atoms with van der Waals surface area (Å²) in [6, 6.07) is 5.68. The molecule has 0 radical (unpaired) electrons. The van der Waals surface area contributed by atoms with E-state index in [1.807, 2.05) is 23.6 Å². The van der Waals surface area contributed by atoms with Gasteiger partial charge in [-0.3, -0.25) is 0 Å². The van der Waals surface area contributed by atoms with Crippen molar-refractivity contribution in [2.75, 3.05) is 19.8 Å². The predicted octanol–water partition coefficient (Wildman–Crippen LogP) is 3.15. The maximum Gasteiger partial charge on any atom is 0.367 e. The monoisotopic (exact) mass is 305 g/mol. The van der Waals surface area contributed by atoms with Crippen LogP contribution < -0.4 is 9.47 Å². The number of esters is 1. The van der Waals surface area contributed by atoms with Gasteiger partial charge in [-0.1, -0.05) is 0 Å². The zero-order chi connectivity index (χ0) is 14.7. The molecule has 0 bridgehead atoms. The Kier molecular flexibility index (Phi) is 4.06. The highest BCUT2D eigenvalue weighted by Gasteiger charge is 2.15. The van der Waals surface area contributed by atoms with E-state index >= 15 is 0 Å². The van der Waals surface area contributed by atoms with Gasteiger partial charge in [0.1, 0.15) is 0 Å². The highest BCUT2D eigenvalue weighted by Crippen LogP contribution is 2.34. The average molecular weight is 305 g/mol. The van der Waals surface area contributed by atoms with E-state index < -0.39 is 0 Å². The van der Waals surface area contributed by atoms with Crippen LogP contribution in [0.15, 0.2) is 23.6 Å². The molecule has 6 heteroatoms. The Balaban J connectivity index is 1.87. The number of nitrogens with zero attached hydrogens (tertiary/aromatic N) is 1. The van der Waals surface area contributed by atoms with E-state index in [0.717, 1.165) is 29.2 Å². The van der Waals surface area contributed by atoms with Crippen molar-refractivity contribution in [3.63, 3.8) is 0 Å². The number of rotatable bonds is 3. The topological polar surface area (TPSA) is 57.7 Å². The number of carbonyl (C=O) groups is 1. The van der Waals surface area contributed by atoms with Crippen LogP contribution >= 0.6 is 11.3 Å². The van der Waals surface area contributed by atoms with Crippen molar-refractivity contribution in [3.8, 4) is 22.8 Å². The second-order valence-corrected chi connectivity index (χ2v) is 5.33. The van der Waals surface area contributed by atoms with Crippen LogP contribution in [0.4, 0.5) is 0 Å². The molecule has 0 spiro atoms. The van der Waals surface area contributed by atoms with Crippen LogP contribution in [0.25, 0.3) is 11.3 Å². The lowest BCUT2D eigenvalue weighted by molar-refractivity contribution is 0.0526. The Hall–Kier alpha value is -2.08. The zero-order valence-electron chi connectivity index (χ0n) is 11.6. The fourth-order valence-electron chi connectivity index (χ4n) is 2.02. The first-order valence-corrected chi connectivity index (χ1v) is 7.68. The summed E-state index contributed by atoms with van der Waals surface area (Å²) in [7, 11) is 0. The second kappa shape index (κ2) is 6.13. The summed E-state index contributed by atoms with van der Waals surface area (Å²) in [6.07, 6.45) is 0.869. The Morgan fingerprint density at radius 2 is 2.14 bits per heavy atom. The fourth-order valence-corrected chi connectivity index (χ4v) is 2.73. The summed E-state index contributed by atoms with van der Waals surface area (Å²) in [5, 5.41) is 2.20. The van der Waals surface area contributed by atoms with E-state index in [1.165, 1.54) is 11.3 Å². The molecule has 2 aromatic rings. The molecular formula is C15H15NO4S. The van der Waals surface area contributed by atoms with Crippen LogP contribution in [-0.4, -0.2) is 30.8 Å². The molecule has 1 aromatic heterocycles. The van der Waals surface area contributed by atoms with Crippen LogP contribution in [0, 0.1) is 0 Å². The molecule has 0 saturated carbocycles. The smallest absolute Gasteiger partial charge is 0.367 e. The van der Waals surface area contributed by atoms with Crippen LogP contribution in [0.5, 0.6) is 11.5 Å². The number of fused-ring (bicyclic) bond motifs is 1. The van der Waals surface area contributed by atoms with Gasteiger partial charge in [0.25, 0.3) is 0 Å². The molecule has 0 atom stereocenters. The zero-order valence-corrected chi connectivity index (χ0v) is 12.4. The highest BCUT2D eigenvalue weighted by molar-refractivity contribution is 7.11. The summed E-state index contributed by atoms with van der Waals surface area (Å²) < 4.78 is 16.2. The molecule has 2 heterocycles. The number of aromatic nitrogens is 1. The first-order valence-electron chi connectivity index (χ1n) is 6.80. The Bertz CT molecular complexity index is 653. The maximum atomic E-state index is 11.6. The third kappa shape index (κ3) is 3.00. The van der Waals surface area contributed by atoms with Gasteiger partial charge in [0.15, 0.2) is 11.5 Å². The molecule has 110 valence electrons. The molecule has 5 nitrogen and oxygen atoms in total. The average Bonchev–Trinajstić information content (AvgIpc) is 2.87. The van der Waals surface area contributed by atoms with Gasteiger partial charge in [-0.25, -0.2) is 9.78 Å². The van der Waals surface area contributed by atoms with Crippen molar-refractivity contribution in [1.29, 1.82) is 0 Å². The lowest BCUT2D eigenvalue weighted by atomic mass is 10.1. The number of ether oxygens (including phenoxy) is 3. The first kappa shape index (κ1) is 13.9. The number of hydrogen-bond acceptors (Lipinski definition) is 6. The summed E-state index contributed by atoms with van der Waals surface area (Å²) in [6.45, 7) is 3.42. The number of carbonyl (C=O) groups excluding carboxylic acids is 1. The quantitative estimate of drug-likeness (QED) is 0.815. The molecule has 0 unspecified atom stereocenters. The van der Waals surface area contributed by atoms with Crippen LogP contribution in [0.3, 0.4) is 0 Å². The van der Waals surface area contributed by atoms with Gasteiger partial charge >= 0.3 is 5.97 Å². The van der Waals surface area contributed by atoms with Crippen molar-refractivity contribution in [2.45, 2.75) is 13.3 Å². The van der Waals surface area contributed by atoms with Gasteiger partial charge in [0, 0.05) is 17.4 Å². The van der Waals surface area contributed by atoms with Gasteiger partial charge in [-0.2, -0.15) is 0 Å². The lowest BCUT2D eigenvalue weighted by Crippen LogP contribution is -2.03. The largest absolute Gasteiger partial charge is 0.490 e. The van der Waals surface area contributed by atoms with Crippen molar-refractivity contribution < 1.29 is 19.0 Å². The molecule has 0 fully saturated rings. The van der Waals surface area contributed by atoms with E-state index in [0.29, 0.717) is 24.8 Å². The SMILES string of the molecule is CCOC(=O)c1nc(-c2ccc3c(c2)OCCCO3)cs1. The minimum atomic E-state index is -0.386. The van der Waals surface area contributed by atoms with Crippen LogP contribution in [-0.2, 0) is 4.74 Å². The highest BCUT2D eigenvalue weighted by atomic mass is 32.1. The molecular weight excluding hydrogens is 290 g/mol. The predicted molar refractivity (Wildman–Crippen MR) is 79.1 cm³/mol. The summed E-state index contributed by atoms with van der Waals surface area (Å²) in [5.41, 5.74) is 1.63. The van der Waals surface area contributed by atoms with Crippen molar-refractivity contribution in [1.82, 2.24) is 4.98 Å². The molecule has 0 N–H and O–H groups in total. The van der Waals surface area contributed by atoms with Gasteiger partial charge in [-0.05, 0) is 25.1 Å². The van der Waals surface area contributed by atoms with Gasteiger partial charge in [0.2, 0.25) is 5.01 Å². The minimum absolute atomic E-state index is 0.345. The summed E-state index contributed by atoms with van der Waals surface area (Å²) in [4.78, 5) is 16.0. The van der Waals surface area contributed by atoms with Gasteiger partial charge < -0.3 is 14.2 Å². The standard InChI is InChI=1S/C15H15NO4S/c1-2-18-15(17)14-16-11(9-21-14)10-4-5-12-13(8-10)20-7-3-6-19-12/h4-5,8-9H,2-3,6-7H2,1H3.